The molecule has 0 unspecified atom stereocenters. The van der Waals surface area contributed by atoms with Gasteiger partial charge >= 0.3 is 0 Å². The maximum Gasteiger partial charge on any atom is 0.160 e. The van der Waals surface area contributed by atoms with Crippen molar-refractivity contribution in [1.82, 2.24) is 0 Å². The van der Waals surface area contributed by atoms with Gasteiger partial charge in [0, 0.05) is 0 Å². The molecule has 0 radical (unpaired) electrons. The molecule has 0 rings (SSSR count). The lowest BCUT2D eigenvalue weighted by Gasteiger charge is -2.23. The highest BCUT2D eigenvalue weighted by molar-refractivity contribution is 5.80. The number of aliphatic hydroxyl groups excluding tert-OH is 5. The molecule has 13 heavy (non-hydrogen) atoms. The van der Waals surface area contributed by atoms with Gasteiger partial charge in [-0.2, -0.15) is 0 Å². The monoisotopic (exact) mass is 196 g/mol. The van der Waals surface area contributed by atoms with E-state index in [1.165, 1.54) is 0 Å². The normalized spacial score (nSPS) is 20.5. The van der Waals surface area contributed by atoms with Crippen LogP contribution in [0.25, 0.3) is 0 Å². The molecule has 0 aromatic carbocycles. The van der Waals surface area contributed by atoms with Crippen molar-refractivity contribution in [3.8, 4) is 0 Å². The van der Waals surface area contributed by atoms with Crippen molar-refractivity contribution in [1.29, 1.82) is 0 Å². The lowest BCUT2D eigenvalue weighted by molar-refractivity contribution is -0.145. The summed E-state index contributed by atoms with van der Waals surface area (Å²) in [7, 11) is 0. The summed E-state index contributed by atoms with van der Waals surface area (Å²) in [6.07, 6.45) is -6.87. The van der Waals surface area contributed by atoms with Crippen molar-refractivity contribution in [2.24, 2.45) is 0 Å². The summed E-state index contributed by atoms with van der Waals surface area (Å²) < 4.78 is 0. The van der Waals surface area contributed by atoms with E-state index in [9.17, 15) is 4.79 Å². The highest BCUT2D eigenvalue weighted by Gasteiger charge is 2.32. The fourth-order valence-corrected chi connectivity index (χ4v) is 0.763. The molecule has 0 heterocycles. The van der Waals surface area contributed by atoms with E-state index < -0.39 is 36.8 Å². The van der Waals surface area contributed by atoms with Gasteiger partial charge < -0.3 is 25.5 Å². The molecule has 0 aromatic heterocycles. The highest BCUT2D eigenvalue weighted by atomic mass is 16.4. The van der Waals surface area contributed by atoms with Gasteiger partial charge in [0.05, 0.1) is 6.61 Å². The van der Waals surface area contributed by atoms with Gasteiger partial charge in [-0.25, -0.2) is 0 Å². The first-order chi connectivity index (χ1) is 5.91. The molecule has 0 saturated heterocycles. The van der Waals surface area contributed by atoms with E-state index in [0.29, 0.717) is 0 Å². The van der Waals surface area contributed by atoms with E-state index >= 15 is 0 Å². The SMILES string of the molecule is [14CH3]C(=O)[C@H](O)[C@@H](O)[C@H](O)[C@H](O)CO. The van der Waals surface area contributed by atoms with Crippen LogP contribution in [-0.2, 0) is 4.79 Å². The smallest absolute Gasteiger partial charge is 0.160 e. The van der Waals surface area contributed by atoms with E-state index in [4.69, 9.17) is 25.5 Å². The van der Waals surface area contributed by atoms with Gasteiger partial charge in [-0.15, -0.1) is 0 Å². The van der Waals surface area contributed by atoms with E-state index in [-0.39, 0.29) is 0 Å². The number of ketones is 1. The van der Waals surface area contributed by atoms with Crippen molar-refractivity contribution in [2.75, 3.05) is 6.61 Å². The summed E-state index contributed by atoms with van der Waals surface area (Å²) in [4.78, 5) is 10.5. The minimum absolute atomic E-state index is 0.725. The number of rotatable bonds is 5. The summed E-state index contributed by atoms with van der Waals surface area (Å²) in [6.45, 7) is 0.273. The second-order valence-corrected chi connectivity index (χ2v) is 2.79. The van der Waals surface area contributed by atoms with Gasteiger partial charge in [0.2, 0.25) is 0 Å². The quantitative estimate of drug-likeness (QED) is 0.320. The van der Waals surface area contributed by atoms with E-state index in [2.05, 4.69) is 0 Å². The zero-order valence-electron chi connectivity index (χ0n) is 7.16. The van der Waals surface area contributed by atoms with E-state index in [1.807, 2.05) is 0 Å². The van der Waals surface area contributed by atoms with Crippen LogP contribution in [0.4, 0.5) is 0 Å². The second kappa shape index (κ2) is 5.25. The van der Waals surface area contributed by atoms with Gasteiger partial charge in [-0.05, 0) is 6.92 Å². The van der Waals surface area contributed by atoms with Gasteiger partial charge in [0.1, 0.15) is 24.4 Å². The van der Waals surface area contributed by atoms with Crippen LogP contribution in [0.15, 0.2) is 0 Å². The Morgan fingerprint density at radius 1 is 1.15 bits per heavy atom. The Labute approximate surface area is 75.1 Å². The first-order valence-corrected chi connectivity index (χ1v) is 3.75. The van der Waals surface area contributed by atoms with E-state index in [0.717, 1.165) is 6.92 Å². The predicted octanol–water partition coefficient (Wildman–Crippen LogP) is -2.99. The summed E-state index contributed by atoms with van der Waals surface area (Å²) >= 11 is 0. The number of carbonyl (C=O) groups excluding carboxylic acids is 1. The third-order valence-electron chi connectivity index (χ3n) is 1.67. The maximum absolute atomic E-state index is 10.5. The topological polar surface area (TPSA) is 118 Å². The lowest BCUT2D eigenvalue weighted by Crippen LogP contribution is -2.48. The standard InChI is InChI=1S/C7H14O6/c1-3(9)5(11)7(13)6(12)4(10)2-8/h4-8,10-13H,2H2,1H3/t4-,5+,6-,7-/m1/s1/i1+2. The zero-order chi connectivity index (χ0) is 10.6. The molecule has 5 N–H and O–H groups in total. The minimum Gasteiger partial charge on any atom is -0.394 e. The number of carbonyl (C=O) groups is 1. The number of hydrogen-bond donors (Lipinski definition) is 5. The fourth-order valence-electron chi connectivity index (χ4n) is 0.763. The maximum atomic E-state index is 10.5. The molecular formula is C7H14O6. The van der Waals surface area contributed by atoms with Crippen molar-refractivity contribution < 1.29 is 30.3 Å². The number of Topliss-reactive ketones (excluding diaryl/α,β-unsaturated/α-hetero) is 1. The highest BCUT2D eigenvalue weighted by Crippen LogP contribution is 2.05. The fraction of sp³-hybridized carbons (Fsp3) is 0.857. The van der Waals surface area contributed by atoms with Crippen LogP contribution >= 0.6 is 0 Å². The second-order valence-electron chi connectivity index (χ2n) is 2.79. The van der Waals surface area contributed by atoms with Crippen molar-refractivity contribution in [2.45, 2.75) is 31.3 Å². The predicted molar refractivity (Wildman–Crippen MR) is 41.8 cm³/mol. The van der Waals surface area contributed by atoms with Gasteiger partial charge in [-0.3, -0.25) is 4.79 Å². The van der Waals surface area contributed by atoms with Gasteiger partial charge in [0.25, 0.3) is 0 Å². The van der Waals surface area contributed by atoms with E-state index in [1.54, 1.807) is 0 Å². The lowest BCUT2D eigenvalue weighted by atomic mass is 10.0. The molecule has 4 atom stereocenters. The molecule has 0 saturated carbocycles. The minimum atomic E-state index is -1.79. The number of hydrogen-bond acceptors (Lipinski definition) is 6. The summed E-state index contributed by atoms with van der Waals surface area (Å²) in [5, 5.41) is 44.3. The largest absolute Gasteiger partial charge is 0.394 e. The van der Waals surface area contributed by atoms with Crippen LogP contribution in [0.3, 0.4) is 0 Å². The Hall–Kier alpha value is -0.530. The Balaban J connectivity index is 4.24. The first-order valence-electron chi connectivity index (χ1n) is 3.75. The molecule has 0 aliphatic carbocycles. The molecule has 0 fully saturated rings. The molecule has 0 aliphatic heterocycles. The molecule has 0 aromatic rings. The van der Waals surface area contributed by atoms with Crippen LogP contribution in [0.1, 0.15) is 6.92 Å². The number of aliphatic hydroxyl groups is 5. The Morgan fingerprint density at radius 3 is 1.92 bits per heavy atom. The molecular weight excluding hydrogens is 182 g/mol. The Kier molecular flexibility index (Phi) is 5.04. The van der Waals surface area contributed by atoms with Crippen molar-refractivity contribution in [3.05, 3.63) is 0 Å². The molecule has 0 bridgehead atoms. The average molecular weight is 196 g/mol. The molecule has 6 nitrogen and oxygen atoms in total. The molecule has 78 valence electrons. The Bertz CT molecular complexity index is 170. The third-order valence-corrected chi connectivity index (χ3v) is 1.67. The van der Waals surface area contributed by atoms with Crippen LogP contribution in [0.5, 0.6) is 0 Å². The summed E-state index contributed by atoms with van der Waals surface area (Å²) in [6, 6.07) is 0. The molecule has 0 aliphatic rings. The molecule has 0 spiro atoms. The summed E-state index contributed by atoms with van der Waals surface area (Å²) in [5.74, 6) is -0.725. The molecule has 6 heteroatoms. The Morgan fingerprint density at radius 2 is 1.62 bits per heavy atom. The van der Waals surface area contributed by atoms with Gasteiger partial charge in [-0.1, -0.05) is 0 Å². The van der Waals surface area contributed by atoms with Gasteiger partial charge in [0.15, 0.2) is 5.78 Å². The van der Waals surface area contributed by atoms with Crippen LogP contribution in [0, 0.1) is 0 Å². The van der Waals surface area contributed by atoms with Crippen LogP contribution in [0.2, 0.25) is 0 Å². The third kappa shape index (κ3) is 3.37. The van der Waals surface area contributed by atoms with Crippen molar-refractivity contribution in [3.63, 3.8) is 0 Å². The van der Waals surface area contributed by atoms with Crippen LogP contribution < -0.4 is 0 Å². The first kappa shape index (κ1) is 12.5. The summed E-state index contributed by atoms with van der Waals surface area (Å²) in [5.41, 5.74) is 0. The molecule has 0 amide bonds. The zero-order valence-corrected chi connectivity index (χ0v) is 7.16. The van der Waals surface area contributed by atoms with Crippen LogP contribution in [-0.4, -0.2) is 62.3 Å². The average Bonchev–Trinajstić information content (AvgIpc) is 2.12. The van der Waals surface area contributed by atoms with Crippen molar-refractivity contribution >= 4 is 5.78 Å².